The van der Waals surface area contributed by atoms with E-state index in [4.69, 9.17) is 28.3 Å². The third kappa shape index (κ3) is 4.53. The fourth-order valence-corrected chi connectivity index (χ4v) is 5.26. The minimum atomic E-state index is -1.31. The van der Waals surface area contributed by atoms with Crippen LogP contribution in [0.1, 0.15) is 24.0 Å². The Balaban J connectivity index is 1.36. The van der Waals surface area contributed by atoms with Crippen LogP contribution in [-0.2, 0) is 6.42 Å². The Labute approximate surface area is 228 Å². The average Bonchev–Trinajstić information content (AvgIpc) is 3.64. The van der Waals surface area contributed by atoms with Crippen molar-refractivity contribution in [3.8, 4) is 28.1 Å². The highest BCUT2D eigenvalue weighted by Crippen LogP contribution is 2.36. The summed E-state index contributed by atoms with van der Waals surface area (Å²) in [5.74, 6) is -0.278. The minimum absolute atomic E-state index is 0.0333. The number of carboxylic acid groups (broad SMARTS) is 1. The monoisotopic (exact) mass is 566 g/mol. The smallest absolute Gasteiger partial charge is 0.409 e. The molecule has 196 valence electrons. The van der Waals surface area contributed by atoms with E-state index in [2.05, 4.69) is 30.8 Å². The number of hydrogen-bond acceptors (Lipinski definition) is 6. The molecule has 6 rings (SSSR count). The molecule has 1 amide bonds. The van der Waals surface area contributed by atoms with Crippen LogP contribution in [0.5, 0.6) is 0 Å². The first kappa shape index (κ1) is 24.8. The van der Waals surface area contributed by atoms with Gasteiger partial charge in [-0.25, -0.2) is 14.2 Å². The van der Waals surface area contributed by atoms with Gasteiger partial charge in [-0.15, -0.1) is 5.10 Å². The summed E-state index contributed by atoms with van der Waals surface area (Å²) in [6.45, 7) is 0. The van der Waals surface area contributed by atoms with Crippen LogP contribution in [0.4, 0.5) is 14.9 Å². The Bertz CT molecular complexity index is 1800. The van der Waals surface area contributed by atoms with Gasteiger partial charge < -0.3 is 14.7 Å². The highest BCUT2D eigenvalue weighted by atomic mass is 35.5. The number of nitrogens with one attached hydrogen (secondary N) is 2. The van der Waals surface area contributed by atoms with Crippen LogP contribution in [0.2, 0.25) is 10.2 Å². The molecule has 1 aliphatic rings. The largest absolute Gasteiger partial charge is 0.465 e. The number of fused-ring (bicyclic) bond motifs is 1. The summed E-state index contributed by atoms with van der Waals surface area (Å²) in [6.07, 6.45) is 1.31. The van der Waals surface area contributed by atoms with Crippen LogP contribution in [0.25, 0.3) is 28.1 Å². The van der Waals surface area contributed by atoms with Crippen molar-refractivity contribution in [3.05, 3.63) is 92.7 Å². The molecule has 0 aliphatic carbocycles. The molecule has 11 nitrogen and oxygen atoms in total. The van der Waals surface area contributed by atoms with Gasteiger partial charge in [-0.05, 0) is 71.3 Å². The van der Waals surface area contributed by atoms with E-state index in [1.54, 1.807) is 22.8 Å². The number of aromatic amines is 1. The molecule has 0 radical (unpaired) electrons. The van der Waals surface area contributed by atoms with E-state index in [1.165, 1.54) is 29.2 Å². The van der Waals surface area contributed by atoms with Gasteiger partial charge in [0, 0.05) is 33.6 Å². The summed E-state index contributed by atoms with van der Waals surface area (Å²) in [6, 6.07) is 12.1. The lowest BCUT2D eigenvalue weighted by Crippen LogP contribution is -2.24. The molecule has 14 heteroatoms. The third-order valence-electron chi connectivity index (χ3n) is 6.48. The van der Waals surface area contributed by atoms with Crippen LogP contribution >= 0.6 is 23.2 Å². The van der Waals surface area contributed by atoms with Gasteiger partial charge in [-0.3, -0.25) is 10.1 Å². The molecule has 2 aromatic carbocycles. The van der Waals surface area contributed by atoms with E-state index in [0.29, 0.717) is 40.5 Å². The van der Waals surface area contributed by atoms with Crippen molar-refractivity contribution in [1.82, 2.24) is 34.7 Å². The number of imidazole rings is 1. The van der Waals surface area contributed by atoms with E-state index in [1.807, 2.05) is 6.07 Å². The zero-order valence-corrected chi connectivity index (χ0v) is 21.3. The zero-order chi connectivity index (χ0) is 27.3. The van der Waals surface area contributed by atoms with Gasteiger partial charge in [-0.2, -0.15) is 4.68 Å². The average molecular weight is 567 g/mol. The summed E-state index contributed by atoms with van der Waals surface area (Å²) in [5.41, 5.74) is 2.98. The normalized spacial score (nSPS) is 14.4. The number of nitrogens with zero attached hydrogens (tertiary/aromatic N) is 6. The lowest BCUT2D eigenvalue weighted by Gasteiger charge is -2.15. The second kappa shape index (κ2) is 9.64. The maximum absolute atomic E-state index is 14.8. The van der Waals surface area contributed by atoms with E-state index in [0.717, 1.165) is 11.8 Å². The molecule has 4 heterocycles. The first-order valence-corrected chi connectivity index (χ1v) is 12.4. The number of rotatable bonds is 5. The summed E-state index contributed by atoms with van der Waals surface area (Å²) in [5, 5.41) is 22.8. The Hall–Kier alpha value is -4.55. The highest BCUT2D eigenvalue weighted by molar-refractivity contribution is 6.32. The van der Waals surface area contributed by atoms with Gasteiger partial charge in [0.1, 0.15) is 18.0 Å². The summed E-state index contributed by atoms with van der Waals surface area (Å²) < 4.78 is 17.9. The minimum Gasteiger partial charge on any atom is -0.465 e. The van der Waals surface area contributed by atoms with Crippen molar-refractivity contribution < 1.29 is 14.3 Å². The quantitative estimate of drug-likeness (QED) is 0.273. The predicted molar refractivity (Wildman–Crippen MR) is 141 cm³/mol. The topological polar surface area (TPSA) is 144 Å². The van der Waals surface area contributed by atoms with E-state index in [9.17, 15) is 14.0 Å². The van der Waals surface area contributed by atoms with Crippen molar-refractivity contribution in [2.24, 2.45) is 0 Å². The van der Waals surface area contributed by atoms with Gasteiger partial charge in [-0.1, -0.05) is 23.2 Å². The predicted octanol–water partition coefficient (Wildman–Crippen LogP) is 4.95. The summed E-state index contributed by atoms with van der Waals surface area (Å²) in [7, 11) is 0. The van der Waals surface area contributed by atoms with Crippen molar-refractivity contribution in [1.29, 1.82) is 0 Å². The summed E-state index contributed by atoms with van der Waals surface area (Å²) in [4.78, 5) is 31.7. The lowest BCUT2D eigenvalue weighted by atomic mass is 10.0. The number of carbonyl (C=O) groups is 1. The molecular formula is C25H17Cl2FN8O3. The van der Waals surface area contributed by atoms with Gasteiger partial charge in [0.05, 0.1) is 17.4 Å². The van der Waals surface area contributed by atoms with Gasteiger partial charge in [0.25, 0.3) is 5.56 Å². The number of anilines is 1. The van der Waals surface area contributed by atoms with Gasteiger partial charge in [0.15, 0.2) is 5.15 Å². The Morgan fingerprint density at radius 3 is 2.72 bits per heavy atom. The van der Waals surface area contributed by atoms with Crippen molar-refractivity contribution in [2.45, 2.75) is 18.9 Å². The van der Waals surface area contributed by atoms with Crippen molar-refractivity contribution in [2.75, 3.05) is 5.32 Å². The van der Waals surface area contributed by atoms with E-state index >= 15 is 0 Å². The molecular weight excluding hydrogens is 550 g/mol. The molecule has 1 aliphatic heterocycles. The molecule has 3 N–H and O–H groups in total. The summed E-state index contributed by atoms with van der Waals surface area (Å²) >= 11 is 12.6. The maximum Gasteiger partial charge on any atom is 0.409 e. The number of aromatic nitrogens is 7. The molecule has 39 heavy (non-hydrogen) atoms. The number of aryl methyl sites for hydroxylation is 1. The molecule has 0 saturated carbocycles. The molecule has 3 aromatic heterocycles. The van der Waals surface area contributed by atoms with Crippen LogP contribution < -0.4 is 10.9 Å². The fraction of sp³-hybridized carbons (Fsp3) is 0.120. The SMILES string of the molecule is O=C(O)Nc1ccc(-c2[nH]c(C3CCc4cc(-c5cc(Cl)ccc5-n5cnnn5)cc(=O)n43)nc2Cl)c(F)c1. The number of hydrogen-bond donors (Lipinski definition) is 3. The maximum atomic E-state index is 14.8. The van der Waals surface area contributed by atoms with Crippen LogP contribution in [0, 0.1) is 5.82 Å². The Morgan fingerprint density at radius 2 is 1.97 bits per heavy atom. The first-order valence-electron chi connectivity index (χ1n) is 11.6. The molecule has 0 saturated heterocycles. The fourth-order valence-electron chi connectivity index (χ4n) is 4.84. The first-order chi connectivity index (χ1) is 18.8. The number of amides is 1. The molecule has 0 fully saturated rings. The lowest BCUT2D eigenvalue weighted by molar-refractivity contribution is 0.209. The Morgan fingerprint density at radius 1 is 1.13 bits per heavy atom. The molecule has 0 bridgehead atoms. The van der Waals surface area contributed by atoms with Crippen molar-refractivity contribution >= 4 is 35.0 Å². The third-order valence-corrected chi connectivity index (χ3v) is 6.99. The van der Waals surface area contributed by atoms with E-state index < -0.39 is 18.0 Å². The highest BCUT2D eigenvalue weighted by Gasteiger charge is 2.29. The number of H-pyrrole nitrogens is 1. The second-order valence-electron chi connectivity index (χ2n) is 8.83. The molecule has 1 unspecified atom stereocenters. The Kier molecular flexibility index (Phi) is 6.12. The molecule has 5 aromatic rings. The standard InChI is InChI=1S/C25H17Cl2FN8O3/c26-13-1-5-19(35-11-29-33-34-35)17(9-13)12-7-15-3-6-20(36(15)21(37)8-12)24-31-22(23(27)32-24)16-4-2-14(10-18(16)28)30-25(38)39/h1-2,4-5,7-11,20,30H,3,6H2,(H,31,32)(H,38,39). The van der Waals surface area contributed by atoms with Crippen LogP contribution in [0.3, 0.4) is 0 Å². The number of pyridine rings is 1. The van der Waals surface area contributed by atoms with Gasteiger partial charge in [0.2, 0.25) is 0 Å². The second-order valence-corrected chi connectivity index (χ2v) is 9.62. The number of tetrazole rings is 1. The van der Waals surface area contributed by atoms with Gasteiger partial charge >= 0.3 is 6.09 Å². The molecule has 0 spiro atoms. The zero-order valence-electron chi connectivity index (χ0n) is 19.8. The number of halogens is 3. The van der Waals surface area contributed by atoms with E-state index in [-0.39, 0.29) is 27.7 Å². The van der Waals surface area contributed by atoms with Crippen LogP contribution in [0.15, 0.2) is 59.7 Å². The molecule has 1 atom stereocenters. The van der Waals surface area contributed by atoms with Crippen LogP contribution in [-0.4, -0.2) is 45.9 Å². The number of benzene rings is 2. The van der Waals surface area contributed by atoms with Crippen molar-refractivity contribution in [3.63, 3.8) is 0 Å².